The lowest BCUT2D eigenvalue weighted by Gasteiger charge is -2.31. The van der Waals surface area contributed by atoms with Crippen molar-refractivity contribution >= 4 is 5.91 Å². The Bertz CT molecular complexity index is 874. The van der Waals surface area contributed by atoms with E-state index in [1.807, 2.05) is 4.90 Å². The highest BCUT2D eigenvalue weighted by molar-refractivity contribution is 5.95. The first-order chi connectivity index (χ1) is 14.1. The van der Waals surface area contributed by atoms with Crippen LogP contribution in [0.2, 0.25) is 0 Å². The Kier molecular flexibility index (Phi) is 5.76. The number of benzene rings is 1. The van der Waals surface area contributed by atoms with E-state index in [9.17, 15) is 9.18 Å². The lowest BCUT2D eigenvalue weighted by Crippen LogP contribution is -2.44. The van der Waals surface area contributed by atoms with Crippen molar-refractivity contribution in [1.82, 2.24) is 19.8 Å². The molecular weight excluding hydrogens is 371 g/mol. The zero-order valence-corrected chi connectivity index (χ0v) is 17.0. The molecule has 0 saturated carbocycles. The average molecular weight is 398 g/mol. The Balaban J connectivity index is 1.50. The highest BCUT2D eigenvalue weighted by Crippen LogP contribution is 2.27. The molecule has 0 spiro atoms. The number of methoxy groups -OCH3 is 1. The summed E-state index contributed by atoms with van der Waals surface area (Å²) in [6.07, 6.45) is 7.55. The molecular formula is C22H27FN4O2. The molecule has 0 aliphatic carbocycles. The maximum absolute atomic E-state index is 14.9. The van der Waals surface area contributed by atoms with Crippen LogP contribution in [-0.4, -0.2) is 64.5 Å². The Hall–Kier alpha value is -2.54. The van der Waals surface area contributed by atoms with Crippen LogP contribution in [0.25, 0.3) is 11.1 Å². The normalized spacial score (nSPS) is 22.2. The molecule has 3 heterocycles. The maximum Gasteiger partial charge on any atom is 0.316 e. The van der Waals surface area contributed by atoms with Gasteiger partial charge < -0.3 is 9.64 Å². The highest BCUT2D eigenvalue weighted by atomic mass is 19.1. The molecule has 1 amide bonds. The number of ether oxygens (including phenoxy) is 1. The fraction of sp³-hybridized carbons (Fsp3) is 0.500. The predicted octanol–water partition coefficient (Wildman–Crippen LogP) is 3.38. The van der Waals surface area contributed by atoms with Crippen LogP contribution < -0.4 is 4.74 Å². The minimum absolute atomic E-state index is 0.129. The first-order valence-corrected chi connectivity index (χ1v) is 10.3. The molecule has 7 heteroatoms. The summed E-state index contributed by atoms with van der Waals surface area (Å²) < 4.78 is 19.8. The number of rotatable bonds is 5. The van der Waals surface area contributed by atoms with E-state index in [-0.39, 0.29) is 23.5 Å². The average Bonchev–Trinajstić information content (AvgIpc) is 3.37. The fourth-order valence-corrected chi connectivity index (χ4v) is 4.42. The first-order valence-electron chi connectivity index (χ1n) is 10.3. The molecule has 29 heavy (non-hydrogen) atoms. The molecule has 2 aliphatic heterocycles. The van der Waals surface area contributed by atoms with Gasteiger partial charge in [0.05, 0.1) is 12.7 Å². The van der Waals surface area contributed by atoms with Gasteiger partial charge in [-0.25, -0.2) is 14.4 Å². The molecule has 2 aliphatic rings. The van der Waals surface area contributed by atoms with Gasteiger partial charge in [0, 0.05) is 43.1 Å². The molecule has 0 bridgehead atoms. The number of carbonyl (C=O) groups is 1. The van der Waals surface area contributed by atoms with Crippen molar-refractivity contribution in [3.05, 3.63) is 42.0 Å². The number of carbonyl (C=O) groups excluding carboxylic acids is 1. The minimum atomic E-state index is -0.511. The topological polar surface area (TPSA) is 58.6 Å². The molecule has 0 N–H and O–H groups in total. The number of aromatic nitrogens is 2. The summed E-state index contributed by atoms with van der Waals surface area (Å²) in [5.41, 5.74) is 1.43. The summed E-state index contributed by atoms with van der Waals surface area (Å²) in [5, 5.41) is 0. The molecule has 2 fully saturated rings. The van der Waals surface area contributed by atoms with Crippen molar-refractivity contribution in [3.63, 3.8) is 0 Å². The van der Waals surface area contributed by atoms with Gasteiger partial charge in [0.25, 0.3) is 5.91 Å². The SMILES string of the molecule is COc1ncc(-c2ccc(C(=O)N3CCC[C@@H]3CN3CCCC3C)c(F)c2)cn1. The molecule has 2 aromatic rings. The van der Waals surface area contributed by atoms with E-state index in [1.54, 1.807) is 24.5 Å². The zero-order valence-electron chi connectivity index (χ0n) is 17.0. The molecule has 1 aromatic heterocycles. The maximum atomic E-state index is 14.9. The number of amides is 1. The lowest BCUT2D eigenvalue weighted by atomic mass is 10.0. The smallest absolute Gasteiger partial charge is 0.316 e. The van der Waals surface area contributed by atoms with Crippen molar-refractivity contribution in [1.29, 1.82) is 0 Å². The minimum Gasteiger partial charge on any atom is -0.467 e. The van der Waals surface area contributed by atoms with Gasteiger partial charge in [0.15, 0.2) is 0 Å². The number of halogens is 1. The molecule has 6 nitrogen and oxygen atoms in total. The van der Waals surface area contributed by atoms with Gasteiger partial charge in [-0.2, -0.15) is 0 Å². The number of nitrogens with zero attached hydrogens (tertiary/aromatic N) is 4. The van der Waals surface area contributed by atoms with Gasteiger partial charge in [0.1, 0.15) is 5.82 Å². The second-order valence-electron chi connectivity index (χ2n) is 7.93. The summed E-state index contributed by atoms with van der Waals surface area (Å²) in [6.45, 7) is 4.91. The van der Waals surface area contributed by atoms with E-state index in [0.717, 1.165) is 25.9 Å². The van der Waals surface area contributed by atoms with Crippen molar-refractivity contribution in [2.75, 3.05) is 26.7 Å². The fourth-order valence-electron chi connectivity index (χ4n) is 4.42. The van der Waals surface area contributed by atoms with Crippen LogP contribution in [-0.2, 0) is 0 Å². The summed E-state index contributed by atoms with van der Waals surface area (Å²) in [6, 6.07) is 5.69. The van der Waals surface area contributed by atoms with Crippen molar-refractivity contribution < 1.29 is 13.9 Å². The van der Waals surface area contributed by atoms with E-state index < -0.39 is 5.82 Å². The number of likely N-dealkylation sites (tertiary alicyclic amines) is 2. The Labute approximate surface area is 170 Å². The number of hydrogen-bond donors (Lipinski definition) is 0. The van der Waals surface area contributed by atoms with Crippen molar-refractivity contribution in [2.45, 2.75) is 44.7 Å². The van der Waals surface area contributed by atoms with Crippen LogP contribution >= 0.6 is 0 Å². The van der Waals surface area contributed by atoms with Crippen molar-refractivity contribution in [2.24, 2.45) is 0 Å². The second kappa shape index (κ2) is 8.45. The van der Waals surface area contributed by atoms with Crippen LogP contribution in [0.15, 0.2) is 30.6 Å². The van der Waals surface area contributed by atoms with E-state index in [4.69, 9.17) is 4.74 Å². The molecule has 0 radical (unpaired) electrons. The summed E-state index contributed by atoms with van der Waals surface area (Å²) in [4.78, 5) is 25.5. The van der Waals surface area contributed by atoms with Crippen LogP contribution in [0.5, 0.6) is 6.01 Å². The largest absolute Gasteiger partial charge is 0.467 e. The zero-order chi connectivity index (χ0) is 20.4. The summed E-state index contributed by atoms with van der Waals surface area (Å²) >= 11 is 0. The monoisotopic (exact) mass is 398 g/mol. The molecule has 154 valence electrons. The summed E-state index contributed by atoms with van der Waals surface area (Å²) in [5.74, 6) is -0.724. The third-order valence-electron chi connectivity index (χ3n) is 6.12. The van der Waals surface area contributed by atoms with Gasteiger partial charge in [-0.3, -0.25) is 9.69 Å². The molecule has 2 atom stereocenters. The molecule has 1 aromatic carbocycles. The Morgan fingerprint density at radius 3 is 2.59 bits per heavy atom. The van der Waals surface area contributed by atoms with Crippen LogP contribution in [0, 0.1) is 5.82 Å². The second-order valence-corrected chi connectivity index (χ2v) is 7.93. The van der Waals surface area contributed by atoms with Gasteiger partial charge in [-0.05, 0) is 56.8 Å². The quantitative estimate of drug-likeness (QED) is 0.773. The van der Waals surface area contributed by atoms with Crippen LogP contribution in [0.4, 0.5) is 4.39 Å². The van der Waals surface area contributed by atoms with Gasteiger partial charge >= 0.3 is 6.01 Å². The van der Waals surface area contributed by atoms with E-state index in [1.165, 1.54) is 26.0 Å². The van der Waals surface area contributed by atoms with Crippen molar-refractivity contribution in [3.8, 4) is 17.1 Å². The van der Waals surface area contributed by atoms with Crippen LogP contribution in [0.1, 0.15) is 43.0 Å². The van der Waals surface area contributed by atoms with Gasteiger partial charge in [0.2, 0.25) is 0 Å². The highest BCUT2D eigenvalue weighted by Gasteiger charge is 2.33. The van der Waals surface area contributed by atoms with E-state index in [2.05, 4.69) is 21.8 Å². The van der Waals surface area contributed by atoms with Crippen LogP contribution in [0.3, 0.4) is 0 Å². The van der Waals surface area contributed by atoms with Gasteiger partial charge in [-0.15, -0.1) is 0 Å². The Morgan fingerprint density at radius 2 is 1.93 bits per heavy atom. The molecule has 2 saturated heterocycles. The Morgan fingerprint density at radius 1 is 1.17 bits per heavy atom. The molecule has 4 rings (SSSR count). The lowest BCUT2D eigenvalue weighted by molar-refractivity contribution is 0.0692. The predicted molar refractivity (Wildman–Crippen MR) is 108 cm³/mol. The van der Waals surface area contributed by atoms with Gasteiger partial charge in [-0.1, -0.05) is 6.07 Å². The first kappa shape index (κ1) is 19.8. The third kappa shape index (κ3) is 4.10. The summed E-state index contributed by atoms with van der Waals surface area (Å²) in [7, 11) is 1.49. The van der Waals surface area contributed by atoms with E-state index >= 15 is 0 Å². The van der Waals surface area contributed by atoms with E-state index in [0.29, 0.717) is 23.7 Å². The third-order valence-corrected chi connectivity index (χ3v) is 6.12. The standard InChI is InChI=1S/C22H27FN4O2/c1-15-5-3-9-26(15)14-18-6-4-10-27(18)21(28)19-8-7-16(11-20(19)23)17-12-24-22(29-2)25-13-17/h7-8,11-13,15,18H,3-6,9-10,14H2,1-2H3/t15?,18-/m1/s1. The molecule has 1 unspecified atom stereocenters. The number of hydrogen-bond acceptors (Lipinski definition) is 5.